The fourth-order valence-electron chi connectivity index (χ4n) is 3.32. The number of nitrogens with zero attached hydrogens (tertiary/aromatic N) is 1. The van der Waals surface area contributed by atoms with E-state index in [-0.39, 0.29) is 0 Å². The lowest BCUT2D eigenvalue weighted by molar-refractivity contribution is 0.199. The highest BCUT2D eigenvalue weighted by Gasteiger charge is 2.28. The Bertz CT molecular complexity index is 437. The van der Waals surface area contributed by atoms with E-state index in [9.17, 15) is 0 Å². The van der Waals surface area contributed by atoms with Gasteiger partial charge in [0.2, 0.25) is 0 Å². The van der Waals surface area contributed by atoms with E-state index in [1.54, 1.807) is 0 Å². The van der Waals surface area contributed by atoms with Gasteiger partial charge in [-0.1, -0.05) is 26.8 Å². The lowest BCUT2D eigenvalue weighted by atomic mass is 9.75. The summed E-state index contributed by atoms with van der Waals surface area (Å²) in [5, 5.41) is 0. The summed E-state index contributed by atoms with van der Waals surface area (Å²) in [5.41, 5.74) is 10.3. The molecule has 0 atom stereocenters. The van der Waals surface area contributed by atoms with Gasteiger partial charge in [-0.15, -0.1) is 0 Å². The third-order valence-electron chi connectivity index (χ3n) is 4.82. The number of rotatable bonds is 3. The van der Waals surface area contributed by atoms with Gasteiger partial charge >= 0.3 is 0 Å². The van der Waals surface area contributed by atoms with Crippen molar-refractivity contribution in [2.45, 2.75) is 47.0 Å². The number of nitrogens with two attached hydrogens (primary N) is 1. The van der Waals surface area contributed by atoms with E-state index in [0.29, 0.717) is 5.41 Å². The van der Waals surface area contributed by atoms with Gasteiger partial charge in [0.1, 0.15) is 0 Å². The van der Waals surface area contributed by atoms with Crippen LogP contribution in [-0.4, -0.2) is 19.6 Å². The Hall–Kier alpha value is -1.02. The first-order valence-electron chi connectivity index (χ1n) is 7.96. The Morgan fingerprint density at radius 2 is 1.85 bits per heavy atom. The minimum atomic E-state index is 0.451. The van der Waals surface area contributed by atoms with E-state index >= 15 is 0 Å². The molecule has 1 heterocycles. The van der Waals surface area contributed by atoms with Gasteiger partial charge in [0.15, 0.2) is 0 Å². The summed E-state index contributed by atoms with van der Waals surface area (Å²) in [6.07, 6.45) is 3.61. The minimum Gasteiger partial charge on any atom is -0.372 e. The van der Waals surface area contributed by atoms with E-state index < -0.39 is 0 Å². The van der Waals surface area contributed by atoms with Crippen molar-refractivity contribution in [3.05, 3.63) is 29.3 Å². The van der Waals surface area contributed by atoms with Crippen molar-refractivity contribution < 1.29 is 0 Å². The molecule has 2 nitrogen and oxygen atoms in total. The van der Waals surface area contributed by atoms with Gasteiger partial charge in [-0.25, -0.2) is 0 Å². The first-order valence-corrected chi connectivity index (χ1v) is 7.96. The van der Waals surface area contributed by atoms with E-state index in [1.807, 2.05) is 0 Å². The second-order valence-corrected chi connectivity index (χ2v) is 7.28. The van der Waals surface area contributed by atoms with Crippen LogP contribution in [-0.2, 0) is 6.42 Å². The SMILES string of the molecule is Cc1cc(N2CCC(C(C)(C)C)CC2)ccc1CCN. The molecule has 1 fully saturated rings. The van der Waals surface area contributed by atoms with Crippen LogP contribution in [0, 0.1) is 18.3 Å². The molecule has 0 saturated carbocycles. The molecule has 0 aliphatic carbocycles. The molecule has 2 heteroatoms. The molecule has 0 bridgehead atoms. The van der Waals surface area contributed by atoms with Crippen molar-refractivity contribution in [1.82, 2.24) is 0 Å². The largest absolute Gasteiger partial charge is 0.372 e. The van der Waals surface area contributed by atoms with E-state index in [0.717, 1.165) is 18.9 Å². The molecule has 2 rings (SSSR count). The van der Waals surface area contributed by atoms with Crippen molar-refractivity contribution in [2.75, 3.05) is 24.5 Å². The van der Waals surface area contributed by atoms with Crippen molar-refractivity contribution in [3.8, 4) is 0 Å². The number of anilines is 1. The summed E-state index contributed by atoms with van der Waals surface area (Å²) in [6.45, 7) is 12.4. The number of aryl methyl sites for hydroxylation is 1. The minimum absolute atomic E-state index is 0.451. The van der Waals surface area contributed by atoms with E-state index in [4.69, 9.17) is 5.73 Å². The first kappa shape index (κ1) is 15.4. The molecule has 1 saturated heterocycles. The Morgan fingerprint density at radius 3 is 2.35 bits per heavy atom. The molecule has 112 valence electrons. The first-order chi connectivity index (χ1) is 9.41. The van der Waals surface area contributed by atoms with E-state index in [1.165, 1.54) is 42.7 Å². The second kappa shape index (κ2) is 6.17. The van der Waals surface area contributed by atoms with Crippen LogP contribution < -0.4 is 10.6 Å². The number of hydrogen-bond acceptors (Lipinski definition) is 2. The van der Waals surface area contributed by atoms with Crippen LogP contribution in [0.15, 0.2) is 18.2 Å². The Labute approximate surface area is 124 Å². The highest BCUT2D eigenvalue weighted by molar-refractivity contribution is 5.51. The summed E-state index contributed by atoms with van der Waals surface area (Å²) >= 11 is 0. The average Bonchev–Trinajstić information content (AvgIpc) is 2.40. The van der Waals surface area contributed by atoms with Crippen LogP contribution in [0.2, 0.25) is 0 Å². The summed E-state index contributed by atoms with van der Waals surface area (Å²) < 4.78 is 0. The number of piperidine rings is 1. The van der Waals surface area contributed by atoms with Gasteiger partial charge in [0.05, 0.1) is 0 Å². The average molecular weight is 274 g/mol. The topological polar surface area (TPSA) is 29.3 Å². The highest BCUT2D eigenvalue weighted by Crippen LogP contribution is 2.35. The molecule has 20 heavy (non-hydrogen) atoms. The predicted molar refractivity (Wildman–Crippen MR) is 88.3 cm³/mol. The monoisotopic (exact) mass is 274 g/mol. The molecule has 0 spiro atoms. The predicted octanol–water partition coefficient (Wildman–Crippen LogP) is 3.76. The van der Waals surface area contributed by atoms with Crippen molar-refractivity contribution in [2.24, 2.45) is 17.1 Å². The Balaban J connectivity index is 2.02. The van der Waals surface area contributed by atoms with Gasteiger partial charge < -0.3 is 10.6 Å². The van der Waals surface area contributed by atoms with Gasteiger partial charge in [-0.05, 0) is 67.3 Å². The van der Waals surface area contributed by atoms with Crippen LogP contribution in [0.25, 0.3) is 0 Å². The van der Waals surface area contributed by atoms with Crippen LogP contribution in [0.5, 0.6) is 0 Å². The molecule has 1 aromatic carbocycles. The molecule has 0 unspecified atom stereocenters. The van der Waals surface area contributed by atoms with Crippen LogP contribution in [0.3, 0.4) is 0 Å². The lowest BCUT2D eigenvalue weighted by Crippen LogP contribution is -2.38. The fraction of sp³-hybridized carbons (Fsp3) is 0.667. The van der Waals surface area contributed by atoms with Crippen LogP contribution in [0.1, 0.15) is 44.7 Å². The molecule has 1 aromatic rings. The van der Waals surface area contributed by atoms with Crippen molar-refractivity contribution in [1.29, 1.82) is 0 Å². The third kappa shape index (κ3) is 3.54. The smallest absolute Gasteiger partial charge is 0.0369 e. The highest BCUT2D eigenvalue weighted by atomic mass is 15.1. The molecular formula is C18H30N2. The third-order valence-corrected chi connectivity index (χ3v) is 4.82. The number of hydrogen-bond donors (Lipinski definition) is 1. The molecule has 2 N–H and O–H groups in total. The maximum atomic E-state index is 5.66. The molecule has 0 radical (unpaired) electrons. The number of benzene rings is 1. The summed E-state index contributed by atoms with van der Waals surface area (Å²) in [6, 6.07) is 6.87. The molecule has 1 aliphatic rings. The zero-order chi connectivity index (χ0) is 14.8. The lowest BCUT2D eigenvalue weighted by Gasteiger charge is -2.40. The van der Waals surface area contributed by atoms with Crippen molar-refractivity contribution in [3.63, 3.8) is 0 Å². The standard InChI is InChI=1S/C18H30N2/c1-14-13-17(6-5-15(14)7-10-19)20-11-8-16(9-12-20)18(2,3)4/h5-6,13,16H,7-12,19H2,1-4H3. The fourth-order valence-corrected chi connectivity index (χ4v) is 3.32. The quantitative estimate of drug-likeness (QED) is 0.909. The zero-order valence-corrected chi connectivity index (χ0v) is 13.6. The molecular weight excluding hydrogens is 244 g/mol. The molecule has 0 aromatic heterocycles. The second-order valence-electron chi connectivity index (χ2n) is 7.28. The zero-order valence-electron chi connectivity index (χ0n) is 13.6. The summed E-state index contributed by atoms with van der Waals surface area (Å²) in [4.78, 5) is 2.54. The molecule has 0 amide bonds. The normalized spacial score (nSPS) is 17.6. The Morgan fingerprint density at radius 1 is 1.20 bits per heavy atom. The van der Waals surface area contributed by atoms with Crippen LogP contribution >= 0.6 is 0 Å². The maximum Gasteiger partial charge on any atom is 0.0369 e. The Kier molecular flexibility index (Phi) is 4.74. The van der Waals surface area contributed by atoms with Crippen LogP contribution in [0.4, 0.5) is 5.69 Å². The molecule has 1 aliphatic heterocycles. The summed E-state index contributed by atoms with van der Waals surface area (Å²) in [7, 11) is 0. The van der Waals surface area contributed by atoms with Gasteiger partial charge in [-0.2, -0.15) is 0 Å². The van der Waals surface area contributed by atoms with E-state index in [2.05, 4.69) is 50.8 Å². The van der Waals surface area contributed by atoms with Gasteiger partial charge in [0, 0.05) is 18.8 Å². The maximum absolute atomic E-state index is 5.66. The summed E-state index contributed by atoms with van der Waals surface area (Å²) in [5.74, 6) is 0.858. The van der Waals surface area contributed by atoms with Gasteiger partial charge in [-0.3, -0.25) is 0 Å². The van der Waals surface area contributed by atoms with Crippen molar-refractivity contribution >= 4 is 5.69 Å². The van der Waals surface area contributed by atoms with Gasteiger partial charge in [0.25, 0.3) is 0 Å².